The average Bonchev–Trinajstić information content (AvgIpc) is 2.77. The van der Waals surface area contributed by atoms with Crippen LogP contribution < -0.4 is 0 Å². The monoisotopic (exact) mass is 233 g/mol. The summed E-state index contributed by atoms with van der Waals surface area (Å²) in [6.07, 6.45) is 3.35. The SMILES string of the molecule is COC.N#Cc1cc2c(c(C=O)c1O)CCC2. The Bertz CT molecular complexity index is 457. The van der Waals surface area contributed by atoms with Gasteiger partial charge in [-0.15, -0.1) is 0 Å². The summed E-state index contributed by atoms with van der Waals surface area (Å²) in [6.45, 7) is 0. The van der Waals surface area contributed by atoms with Crippen molar-refractivity contribution in [2.24, 2.45) is 0 Å². The van der Waals surface area contributed by atoms with Crippen LogP contribution in [-0.4, -0.2) is 25.6 Å². The van der Waals surface area contributed by atoms with E-state index in [0.29, 0.717) is 11.8 Å². The molecule has 0 atom stereocenters. The lowest BCUT2D eigenvalue weighted by molar-refractivity contribution is 0.112. The summed E-state index contributed by atoms with van der Waals surface area (Å²) < 4.78 is 4.25. The number of carbonyl (C=O) groups is 1. The zero-order valence-corrected chi connectivity index (χ0v) is 9.99. The van der Waals surface area contributed by atoms with Crippen LogP contribution in [0.25, 0.3) is 0 Å². The van der Waals surface area contributed by atoms with Crippen molar-refractivity contribution in [1.82, 2.24) is 0 Å². The minimum Gasteiger partial charge on any atom is -0.506 e. The van der Waals surface area contributed by atoms with E-state index >= 15 is 0 Å². The predicted octanol–water partition coefficient (Wildman–Crippen LogP) is 1.83. The van der Waals surface area contributed by atoms with Crippen molar-refractivity contribution in [3.63, 3.8) is 0 Å². The maximum absolute atomic E-state index is 10.8. The number of benzene rings is 1. The lowest BCUT2D eigenvalue weighted by Gasteiger charge is -2.06. The van der Waals surface area contributed by atoms with Crippen LogP contribution in [0.3, 0.4) is 0 Å². The van der Waals surface area contributed by atoms with Crippen LogP contribution in [0.1, 0.15) is 33.5 Å². The summed E-state index contributed by atoms with van der Waals surface area (Å²) in [4.78, 5) is 10.8. The third-order valence-corrected chi connectivity index (χ3v) is 2.65. The number of aromatic hydroxyl groups is 1. The molecule has 0 bridgehead atoms. The van der Waals surface area contributed by atoms with Gasteiger partial charge in [0.1, 0.15) is 11.8 Å². The number of nitriles is 1. The molecule has 1 aromatic rings. The number of aryl methyl sites for hydroxylation is 1. The number of hydrogen-bond donors (Lipinski definition) is 1. The van der Waals surface area contributed by atoms with E-state index in [1.807, 2.05) is 6.07 Å². The summed E-state index contributed by atoms with van der Waals surface area (Å²) >= 11 is 0. The first-order chi connectivity index (χ1) is 8.19. The molecule has 4 nitrogen and oxygen atoms in total. The molecule has 0 amide bonds. The number of carbonyl (C=O) groups excluding carboxylic acids is 1. The lowest BCUT2D eigenvalue weighted by atomic mass is 9.99. The molecule has 0 aromatic heterocycles. The molecule has 0 saturated heterocycles. The van der Waals surface area contributed by atoms with E-state index in [1.165, 1.54) is 0 Å². The molecule has 1 aromatic carbocycles. The average molecular weight is 233 g/mol. The number of phenolic OH excluding ortho intramolecular Hbond substituents is 1. The van der Waals surface area contributed by atoms with Gasteiger partial charge in [-0.05, 0) is 36.5 Å². The number of methoxy groups -OCH3 is 1. The highest BCUT2D eigenvalue weighted by Crippen LogP contribution is 2.32. The largest absolute Gasteiger partial charge is 0.506 e. The van der Waals surface area contributed by atoms with Crippen LogP contribution in [-0.2, 0) is 17.6 Å². The molecule has 0 unspecified atom stereocenters. The van der Waals surface area contributed by atoms with E-state index in [4.69, 9.17) is 5.26 Å². The smallest absolute Gasteiger partial charge is 0.154 e. The molecule has 0 radical (unpaired) electrons. The van der Waals surface area contributed by atoms with Gasteiger partial charge in [-0.1, -0.05) is 0 Å². The molecule has 90 valence electrons. The number of aldehydes is 1. The second kappa shape index (κ2) is 6.02. The number of fused-ring (bicyclic) bond motifs is 1. The zero-order chi connectivity index (χ0) is 12.8. The molecule has 1 aliphatic rings. The van der Waals surface area contributed by atoms with Gasteiger partial charge in [0, 0.05) is 14.2 Å². The van der Waals surface area contributed by atoms with Crippen molar-refractivity contribution in [2.45, 2.75) is 19.3 Å². The fraction of sp³-hybridized carbons (Fsp3) is 0.385. The number of hydrogen-bond acceptors (Lipinski definition) is 4. The number of nitrogens with zero attached hydrogens (tertiary/aromatic N) is 1. The van der Waals surface area contributed by atoms with Crippen LogP contribution in [0.5, 0.6) is 5.75 Å². The molecule has 0 spiro atoms. The third kappa shape index (κ3) is 2.63. The summed E-state index contributed by atoms with van der Waals surface area (Å²) in [7, 11) is 3.25. The van der Waals surface area contributed by atoms with Gasteiger partial charge in [0.15, 0.2) is 6.29 Å². The quantitative estimate of drug-likeness (QED) is 0.751. The van der Waals surface area contributed by atoms with Gasteiger partial charge in [-0.25, -0.2) is 0 Å². The first kappa shape index (κ1) is 13.2. The topological polar surface area (TPSA) is 70.3 Å². The van der Waals surface area contributed by atoms with Crippen LogP contribution in [0, 0.1) is 11.3 Å². The molecule has 0 heterocycles. The highest BCUT2D eigenvalue weighted by molar-refractivity contribution is 5.84. The van der Waals surface area contributed by atoms with E-state index in [-0.39, 0.29) is 11.3 Å². The molecular weight excluding hydrogens is 218 g/mol. The molecular formula is C13H15NO3. The van der Waals surface area contributed by atoms with Crippen LogP contribution in [0.15, 0.2) is 6.07 Å². The first-order valence-electron chi connectivity index (χ1n) is 5.32. The van der Waals surface area contributed by atoms with Crippen LogP contribution in [0.4, 0.5) is 0 Å². The molecule has 0 aliphatic heterocycles. The van der Waals surface area contributed by atoms with E-state index in [1.54, 1.807) is 20.3 Å². The Balaban J connectivity index is 0.000000437. The molecule has 2 rings (SSSR count). The van der Waals surface area contributed by atoms with Gasteiger partial charge in [-0.2, -0.15) is 5.26 Å². The molecule has 0 saturated carbocycles. The lowest BCUT2D eigenvalue weighted by Crippen LogP contribution is -1.95. The van der Waals surface area contributed by atoms with E-state index in [2.05, 4.69) is 4.74 Å². The molecule has 4 heteroatoms. The molecule has 17 heavy (non-hydrogen) atoms. The Morgan fingerprint density at radius 2 is 2.12 bits per heavy atom. The minimum atomic E-state index is -0.164. The van der Waals surface area contributed by atoms with Gasteiger partial charge >= 0.3 is 0 Å². The van der Waals surface area contributed by atoms with Gasteiger partial charge in [0.25, 0.3) is 0 Å². The van der Waals surface area contributed by atoms with Crippen LogP contribution in [0.2, 0.25) is 0 Å². The highest BCUT2D eigenvalue weighted by Gasteiger charge is 2.20. The van der Waals surface area contributed by atoms with Crippen molar-refractivity contribution in [1.29, 1.82) is 5.26 Å². The Kier molecular flexibility index (Phi) is 4.68. The Morgan fingerprint density at radius 1 is 1.47 bits per heavy atom. The van der Waals surface area contributed by atoms with Gasteiger partial charge in [-0.3, -0.25) is 4.79 Å². The van der Waals surface area contributed by atoms with E-state index < -0.39 is 0 Å². The fourth-order valence-electron chi connectivity index (χ4n) is 1.98. The zero-order valence-electron chi connectivity index (χ0n) is 9.99. The molecule has 1 aliphatic carbocycles. The number of rotatable bonds is 1. The standard InChI is InChI=1S/C11H9NO2.C2H6O/c12-5-8-4-7-2-1-3-9(7)10(6-13)11(8)14;1-3-2/h4,6,14H,1-3H2;1-2H3. The Labute approximate surface area is 100 Å². The summed E-state index contributed by atoms with van der Waals surface area (Å²) in [5, 5.41) is 18.3. The van der Waals surface area contributed by atoms with Gasteiger partial charge < -0.3 is 9.84 Å². The van der Waals surface area contributed by atoms with Crippen molar-refractivity contribution in [2.75, 3.05) is 14.2 Å². The number of ether oxygens (including phenoxy) is 1. The summed E-state index contributed by atoms with van der Waals surface area (Å²) in [6, 6.07) is 3.58. The second-order valence-electron chi connectivity index (χ2n) is 3.82. The van der Waals surface area contributed by atoms with Gasteiger partial charge in [0.05, 0.1) is 11.1 Å². The normalized spacial score (nSPS) is 12.1. The predicted molar refractivity (Wildman–Crippen MR) is 63.2 cm³/mol. The third-order valence-electron chi connectivity index (χ3n) is 2.65. The summed E-state index contributed by atoms with van der Waals surface area (Å²) in [5.41, 5.74) is 2.45. The van der Waals surface area contributed by atoms with Crippen molar-refractivity contribution in [3.8, 4) is 11.8 Å². The Morgan fingerprint density at radius 3 is 2.65 bits per heavy atom. The first-order valence-corrected chi connectivity index (χ1v) is 5.32. The maximum atomic E-state index is 10.8. The Hall–Kier alpha value is -1.86. The summed E-state index contributed by atoms with van der Waals surface area (Å²) in [5.74, 6) is -0.164. The van der Waals surface area contributed by atoms with Crippen molar-refractivity contribution < 1.29 is 14.6 Å². The highest BCUT2D eigenvalue weighted by atomic mass is 16.4. The van der Waals surface area contributed by atoms with Crippen LogP contribution >= 0.6 is 0 Å². The van der Waals surface area contributed by atoms with Crippen molar-refractivity contribution in [3.05, 3.63) is 28.3 Å². The minimum absolute atomic E-state index is 0.164. The van der Waals surface area contributed by atoms with Gasteiger partial charge in [0.2, 0.25) is 0 Å². The second-order valence-corrected chi connectivity index (χ2v) is 3.82. The van der Waals surface area contributed by atoms with Crippen molar-refractivity contribution >= 4 is 6.29 Å². The number of phenols is 1. The van der Waals surface area contributed by atoms with E-state index in [0.717, 1.165) is 30.4 Å². The molecule has 1 N–H and O–H groups in total. The molecule has 0 fully saturated rings. The van der Waals surface area contributed by atoms with E-state index in [9.17, 15) is 9.90 Å². The maximum Gasteiger partial charge on any atom is 0.154 e. The fourth-order valence-corrected chi connectivity index (χ4v) is 1.98.